The van der Waals surface area contributed by atoms with Gasteiger partial charge in [-0.25, -0.2) is 9.38 Å². The number of carbonyl (C=O) groups excluding carboxylic acids is 1. The van der Waals surface area contributed by atoms with Crippen molar-refractivity contribution in [1.29, 1.82) is 0 Å². The van der Waals surface area contributed by atoms with Crippen LogP contribution in [0.5, 0.6) is 0 Å². The molecule has 0 saturated heterocycles. The summed E-state index contributed by atoms with van der Waals surface area (Å²) in [5, 5.41) is 5.79. The predicted molar refractivity (Wildman–Crippen MR) is 88.5 cm³/mol. The van der Waals surface area contributed by atoms with Crippen LogP contribution < -0.4 is 10.6 Å². The van der Waals surface area contributed by atoms with Crippen molar-refractivity contribution in [3.63, 3.8) is 0 Å². The minimum Gasteiger partial charge on any atom is -0.357 e. The summed E-state index contributed by atoms with van der Waals surface area (Å²) >= 11 is 0. The molecule has 0 atom stereocenters. The van der Waals surface area contributed by atoms with Crippen LogP contribution in [0.25, 0.3) is 0 Å². The second kappa shape index (κ2) is 9.76. The first-order chi connectivity index (χ1) is 10.6. The topological polar surface area (TPSA) is 56.7 Å². The Hall–Kier alpha value is -2.11. The number of benzene rings is 1. The van der Waals surface area contributed by atoms with E-state index in [9.17, 15) is 9.18 Å². The summed E-state index contributed by atoms with van der Waals surface area (Å²) in [5.41, 5.74) is 0.435. The molecule has 2 N–H and O–H groups in total. The first kappa shape index (κ1) is 17.9. The van der Waals surface area contributed by atoms with Crippen molar-refractivity contribution < 1.29 is 9.18 Å². The Balaban J connectivity index is 2.59. The number of hydrogen-bond acceptors (Lipinski definition) is 2. The fourth-order valence-corrected chi connectivity index (χ4v) is 1.88. The number of amides is 1. The number of rotatable bonds is 7. The van der Waals surface area contributed by atoms with Gasteiger partial charge in [0.1, 0.15) is 12.4 Å². The zero-order valence-electron chi connectivity index (χ0n) is 13.5. The van der Waals surface area contributed by atoms with Crippen molar-refractivity contribution in [1.82, 2.24) is 10.2 Å². The molecule has 0 saturated carbocycles. The third-order valence-electron chi connectivity index (χ3n) is 3.02. The third-order valence-corrected chi connectivity index (χ3v) is 3.02. The van der Waals surface area contributed by atoms with E-state index in [-0.39, 0.29) is 18.3 Å². The van der Waals surface area contributed by atoms with Crippen LogP contribution in [0.3, 0.4) is 0 Å². The Morgan fingerprint density at radius 1 is 1.36 bits per heavy atom. The molecular weight excluding hydrogens is 283 g/mol. The number of anilines is 1. The second-order valence-corrected chi connectivity index (χ2v) is 5.00. The number of aliphatic imine (C=N–C) groups is 1. The molecule has 1 aromatic rings. The molecule has 0 fully saturated rings. The van der Waals surface area contributed by atoms with E-state index in [2.05, 4.69) is 22.5 Å². The first-order valence-electron chi connectivity index (χ1n) is 7.61. The maximum absolute atomic E-state index is 13.1. The van der Waals surface area contributed by atoms with Gasteiger partial charge in [-0.3, -0.25) is 4.79 Å². The smallest absolute Gasteiger partial charge is 0.246 e. The largest absolute Gasteiger partial charge is 0.357 e. The van der Waals surface area contributed by atoms with E-state index in [0.29, 0.717) is 11.6 Å². The van der Waals surface area contributed by atoms with Crippen molar-refractivity contribution in [2.24, 2.45) is 4.99 Å². The number of hydrogen-bond donors (Lipinski definition) is 2. The van der Waals surface area contributed by atoms with Gasteiger partial charge in [0.2, 0.25) is 5.91 Å². The molecule has 22 heavy (non-hydrogen) atoms. The molecule has 0 spiro atoms. The Kier molecular flexibility index (Phi) is 7.96. The van der Waals surface area contributed by atoms with E-state index < -0.39 is 0 Å². The van der Waals surface area contributed by atoms with Crippen LogP contribution in [-0.4, -0.2) is 43.4 Å². The molecule has 0 heterocycles. The average molecular weight is 308 g/mol. The van der Waals surface area contributed by atoms with Gasteiger partial charge in [0.25, 0.3) is 0 Å². The molecule has 6 heteroatoms. The van der Waals surface area contributed by atoms with E-state index in [1.165, 1.54) is 12.1 Å². The number of guanidine groups is 1. The maximum atomic E-state index is 13.1. The Morgan fingerprint density at radius 3 is 2.77 bits per heavy atom. The van der Waals surface area contributed by atoms with Gasteiger partial charge in [-0.1, -0.05) is 19.4 Å². The Labute approximate surface area is 131 Å². The van der Waals surface area contributed by atoms with Crippen LogP contribution in [0.15, 0.2) is 29.3 Å². The molecule has 1 amide bonds. The molecule has 1 aromatic carbocycles. The van der Waals surface area contributed by atoms with Crippen molar-refractivity contribution in [3.05, 3.63) is 30.1 Å². The monoisotopic (exact) mass is 308 g/mol. The molecular formula is C16H25FN4O. The van der Waals surface area contributed by atoms with Crippen molar-refractivity contribution in [2.75, 3.05) is 32.0 Å². The van der Waals surface area contributed by atoms with Crippen molar-refractivity contribution in [2.45, 2.75) is 26.7 Å². The highest BCUT2D eigenvalue weighted by Crippen LogP contribution is 2.08. The summed E-state index contributed by atoms with van der Waals surface area (Å²) in [6.45, 7) is 5.73. The van der Waals surface area contributed by atoms with Crippen LogP contribution in [0, 0.1) is 5.82 Å². The predicted octanol–water partition coefficient (Wildman–Crippen LogP) is 2.46. The van der Waals surface area contributed by atoms with Gasteiger partial charge in [-0.2, -0.15) is 0 Å². The lowest BCUT2D eigenvalue weighted by Crippen LogP contribution is -2.40. The maximum Gasteiger partial charge on any atom is 0.246 e. The molecule has 122 valence electrons. The summed E-state index contributed by atoms with van der Waals surface area (Å²) in [6, 6.07) is 5.81. The van der Waals surface area contributed by atoms with E-state index >= 15 is 0 Å². The van der Waals surface area contributed by atoms with E-state index in [4.69, 9.17) is 0 Å². The number of nitrogens with zero attached hydrogens (tertiary/aromatic N) is 2. The third kappa shape index (κ3) is 6.56. The standard InChI is InChI=1S/C16H25FN4O/c1-4-6-10-21(3)16(18-5-2)19-12-15(22)20-14-9-7-8-13(17)11-14/h7-9,11H,4-6,10,12H2,1-3H3,(H,18,19)(H,20,22). The number of carbonyl (C=O) groups is 1. The van der Waals surface area contributed by atoms with Crippen LogP contribution in [0.2, 0.25) is 0 Å². The number of halogens is 1. The van der Waals surface area contributed by atoms with Crippen molar-refractivity contribution >= 4 is 17.6 Å². The first-order valence-corrected chi connectivity index (χ1v) is 7.61. The quantitative estimate of drug-likeness (QED) is 0.601. The van der Waals surface area contributed by atoms with E-state index in [0.717, 1.165) is 25.9 Å². The van der Waals surface area contributed by atoms with Crippen LogP contribution >= 0.6 is 0 Å². The normalized spacial score (nSPS) is 11.2. The van der Waals surface area contributed by atoms with Crippen molar-refractivity contribution in [3.8, 4) is 0 Å². The van der Waals surface area contributed by atoms with Gasteiger partial charge in [0, 0.05) is 25.8 Å². The van der Waals surface area contributed by atoms with Crippen LogP contribution in [0.4, 0.5) is 10.1 Å². The van der Waals surface area contributed by atoms with Gasteiger partial charge in [-0.05, 0) is 31.5 Å². The number of nitrogens with one attached hydrogen (secondary N) is 2. The van der Waals surface area contributed by atoms with Gasteiger partial charge >= 0.3 is 0 Å². The average Bonchev–Trinajstić information content (AvgIpc) is 2.49. The molecule has 0 radical (unpaired) electrons. The molecule has 0 aliphatic heterocycles. The number of unbranched alkanes of at least 4 members (excludes halogenated alkanes) is 1. The molecule has 0 unspecified atom stereocenters. The second-order valence-electron chi connectivity index (χ2n) is 5.00. The van der Waals surface area contributed by atoms with Crippen LogP contribution in [-0.2, 0) is 4.79 Å². The highest BCUT2D eigenvalue weighted by molar-refractivity contribution is 5.94. The molecule has 1 rings (SSSR count). The fraction of sp³-hybridized carbons (Fsp3) is 0.500. The SMILES string of the molecule is CCCCN(C)C(=NCC(=O)Nc1cccc(F)c1)NCC. The lowest BCUT2D eigenvalue weighted by atomic mass is 10.3. The van der Waals surface area contributed by atoms with E-state index in [1.54, 1.807) is 12.1 Å². The zero-order chi connectivity index (χ0) is 16.4. The van der Waals surface area contributed by atoms with Crippen LogP contribution in [0.1, 0.15) is 26.7 Å². The van der Waals surface area contributed by atoms with Gasteiger partial charge in [0.15, 0.2) is 5.96 Å². The molecule has 0 aromatic heterocycles. The zero-order valence-corrected chi connectivity index (χ0v) is 13.5. The Bertz CT molecular complexity index is 505. The highest BCUT2D eigenvalue weighted by Gasteiger charge is 2.07. The highest BCUT2D eigenvalue weighted by atomic mass is 19.1. The minimum absolute atomic E-state index is 0.00465. The van der Waals surface area contributed by atoms with Gasteiger partial charge in [-0.15, -0.1) is 0 Å². The summed E-state index contributed by atoms with van der Waals surface area (Å²) in [6.07, 6.45) is 2.17. The summed E-state index contributed by atoms with van der Waals surface area (Å²) in [7, 11) is 1.95. The molecule has 0 aliphatic rings. The minimum atomic E-state index is -0.381. The summed E-state index contributed by atoms with van der Waals surface area (Å²) in [4.78, 5) is 18.2. The van der Waals surface area contributed by atoms with Gasteiger partial charge in [0.05, 0.1) is 0 Å². The van der Waals surface area contributed by atoms with Gasteiger partial charge < -0.3 is 15.5 Å². The Morgan fingerprint density at radius 2 is 2.14 bits per heavy atom. The summed E-state index contributed by atoms with van der Waals surface area (Å²) < 4.78 is 13.1. The lowest BCUT2D eigenvalue weighted by Gasteiger charge is -2.21. The molecule has 0 aliphatic carbocycles. The lowest BCUT2D eigenvalue weighted by molar-refractivity contribution is -0.114. The molecule has 0 bridgehead atoms. The molecule has 5 nitrogen and oxygen atoms in total. The van der Waals surface area contributed by atoms with E-state index in [1.807, 2.05) is 18.9 Å². The fourth-order valence-electron chi connectivity index (χ4n) is 1.88. The summed E-state index contributed by atoms with van der Waals surface area (Å²) in [5.74, 6) is 0.0455.